The minimum atomic E-state index is -0.896. The van der Waals surface area contributed by atoms with E-state index >= 15 is 0 Å². The Hall–Kier alpha value is -1.55. The van der Waals surface area contributed by atoms with Crippen molar-refractivity contribution < 1.29 is 19.7 Å². The summed E-state index contributed by atoms with van der Waals surface area (Å²) in [4.78, 5) is 10.5. The summed E-state index contributed by atoms with van der Waals surface area (Å²) in [6.45, 7) is 3.77. The molecule has 1 rings (SSSR count). The Morgan fingerprint density at radius 1 is 1.35 bits per heavy atom. The van der Waals surface area contributed by atoms with Crippen LogP contribution >= 0.6 is 0 Å². The van der Waals surface area contributed by atoms with Gasteiger partial charge in [-0.2, -0.15) is 0 Å². The summed E-state index contributed by atoms with van der Waals surface area (Å²) < 4.78 is 5.18. The number of ether oxygens (including phenoxy) is 1. The number of carboxylic acid groups (broad SMARTS) is 1. The maximum Gasteiger partial charge on any atom is 0.303 e. The molecule has 1 atom stereocenters. The van der Waals surface area contributed by atoms with Crippen LogP contribution in [0, 0.1) is 13.8 Å². The van der Waals surface area contributed by atoms with Crippen molar-refractivity contribution in [2.75, 3.05) is 7.11 Å². The van der Waals surface area contributed by atoms with E-state index in [1.807, 2.05) is 26.0 Å². The van der Waals surface area contributed by atoms with Gasteiger partial charge in [-0.25, -0.2) is 0 Å². The summed E-state index contributed by atoms with van der Waals surface area (Å²) >= 11 is 0. The summed E-state index contributed by atoms with van der Waals surface area (Å²) in [5.41, 5.74) is 2.61. The van der Waals surface area contributed by atoms with Crippen LogP contribution in [0.15, 0.2) is 12.1 Å². The zero-order valence-electron chi connectivity index (χ0n) is 10.4. The van der Waals surface area contributed by atoms with E-state index in [1.54, 1.807) is 7.11 Å². The minimum absolute atomic E-state index is 0.0360. The number of hydrogen-bond acceptors (Lipinski definition) is 3. The third kappa shape index (κ3) is 3.46. The van der Waals surface area contributed by atoms with Crippen LogP contribution in [0.25, 0.3) is 0 Å². The van der Waals surface area contributed by atoms with E-state index in [0.29, 0.717) is 0 Å². The maximum absolute atomic E-state index is 10.5. The first kappa shape index (κ1) is 13.5. The fourth-order valence-corrected chi connectivity index (χ4v) is 1.81. The number of aryl methyl sites for hydroxylation is 2. The molecule has 0 amide bonds. The fourth-order valence-electron chi connectivity index (χ4n) is 1.81. The van der Waals surface area contributed by atoms with Gasteiger partial charge >= 0.3 is 5.97 Å². The quantitative estimate of drug-likeness (QED) is 0.825. The van der Waals surface area contributed by atoms with Crippen molar-refractivity contribution in [3.63, 3.8) is 0 Å². The third-order valence-electron chi connectivity index (χ3n) is 2.77. The summed E-state index contributed by atoms with van der Waals surface area (Å²) in [6.07, 6.45) is -0.552. The number of rotatable bonds is 5. The zero-order valence-corrected chi connectivity index (χ0v) is 10.4. The molecule has 1 aromatic carbocycles. The zero-order chi connectivity index (χ0) is 13.0. The van der Waals surface area contributed by atoms with E-state index in [0.717, 1.165) is 22.4 Å². The Morgan fingerprint density at radius 3 is 2.53 bits per heavy atom. The SMILES string of the molecule is COc1cc(C)c([C@H](O)CCC(=O)O)cc1C. The van der Waals surface area contributed by atoms with Gasteiger partial charge in [0.15, 0.2) is 0 Å². The predicted molar refractivity (Wildman–Crippen MR) is 64.3 cm³/mol. The van der Waals surface area contributed by atoms with Crippen molar-refractivity contribution in [1.29, 1.82) is 0 Å². The van der Waals surface area contributed by atoms with Gasteiger partial charge in [0.05, 0.1) is 13.2 Å². The molecule has 2 N–H and O–H groups in total. The number of carbonyl (C=O) groups is 1. The van der Waals surface area contributed by atoms with E-state index in [4.69, 9.17) is 9.84 Å². The van der Waals surface area contributed by atoms with E-state index in [-0.39, 0.29) is 12.8 Å². The Balaban J connectivity index is 2.90. The van der Waals surface area contributed by atoms with E-state index < -0.39 is 12.1 Å². The minimum Gasteiger partial charge on any atom is -0.496 e. The number of benzene rings is 1. The first-order valence-electron chi connectivity index (χ1n) is 5.50. The van der Waals surface area contributed by atoms with Gasteiger partial charge in [-0.1, -0.05) is 0 Å². The van der Waals surface area contributed by atoms with Crippen molar-refractivity contribution in [2.45, 2.75) is 32.8 Å². The van der Waals surface area contributed by atoms with Gasteiger partial charge in [0, 0.05) is 6.42 Å². The Morgan fingerprint density at radius 2 is 2.00 bits per heavy atom. The number of aliphatic hydroxyl groups excluding tert-OH is 1. The lowest BCUT2D eigenvalue weighted by Crippen LogP contribution is -2.05. The highest BCUT2D eigenvalue weighted by molar-refractivity contribution is 5.66. The van der Waals surface area contributed by atoms with Crippen LogP contribution in [0.2, 0.25) is 0 Å². The van der Waals surface area contributed by atoms with Gasteiger partial charge in [-0.3, -0.25) is 4.79 Å². The topological polar surface area (TPSA) is 66.8 Å². The summed E-state index contributed by atoms with van der Waals surface area (Å²) in [5, 5.41) is 18.5. The molecule has 0 aliphatic carbocycles. The average Bonchev–Trinajstić information content (AvgIpc) is 2.28. The molecule has 0 saturated heterocycles. The molecule has 0 aromatic heterocycles. The average molecular weight is 238 g/mol. The van der Waals surface area contributed by atoms with Crippen LogP contribution in [0.3, 0.4) is 0 Å². The molecule has 0 heterocycles. The van der Waals surface area contributed by atoms with Crippen molar-refractivity contribution in [2.24, 2.45) is 0 Å². The first-order valence-corrected chi connectivity index (χ1v) is 5.50. The molecule has 0 bridgehead atoms. The van der Waals surface area contributed by atoms with Gasteiger partial charge in [-0.05, 0) is 49.1 Å². The van der Waals surface area contributed by atoms with Crippen LogP contribution in [-0.4, -0.2) is 23.3 Å². The largest absolute Gasteiger partial charge is 0.496 e. The Kier molecular flexibility index (Phi) is 4.52. The third-order valence-corrected chi connectivity index (χ3v) is 2.77. The Labute approximate surface area is 101 Å². The molecule has 0 aliphatic heterocycles. The van der Waals surface area contributed by atoms with Crippen LogP contribution in [0.5, 0.6) is 5.75 Å². The number of aliphatic carboxylic acids is 1. The highest BCUT2D eigenvalue weighted by Gasteiger charge is 2.14. The molecule has 94 valence electrons. The van der Waals surface area contributed by atoms with Crippen LogP contribution in [0.1, 0.15) is 35.6 Å². The lowest BCUT2D eigenvalue weighted by Gasteiger charge is -2.15. The summed E-state index contributed by atoms with van der Waals surface area (Å²) in [5.74, 6) is -0.122. The molecule has 1 aromatic rings. The monoisotopic (exact) mass is 238 g/mol. The molecular formula is C13H18O4. The molecule has 0 fully saturated rings. The molecule has 4 heteroatoms. The molecule has 0 aliphatic rings. The molecule has 4 nitrogen and oxygen atoms in total. The highest BCUT2D eigenvalue weighted by atomic mass is 16.5. The first-order chi connectivity index (χ1) is 7.95. The molecule has 17 heavy (non-hydrogen) atoms. The van der Waals surface area contributed by atoms with Gasteiger partial charge < -0.3 is 14.9 Å². The van der Waals surface area contributed by atoms with E-state index in [2.05, 4.69) is 0 Å². The molecule has 0 radical (unpaired) electrons. The van der Waals surface area contributed by atoms with Crippen molar-refractivity contribution in [1.82, 2.24) is 0 Å². The number of hydrogen-bond donors (Lipinski definition) is 2. The lowest BCUT2D eigenvalue weighted by atomic mass is 9.97. The van der Waals surface area contributed by atoms with Crippen molar-refractivity contribution >= 4 is 5.97 Å². The van der Waals surface area contributed by atoms with Crippen molar-refractivity contribution in [3.8, 4) is 5.75 Å². The lowest BCUT2D eigenvalue weighted by molar-refractivity contribution is -0.137. The highest BCUT2D eigenvalue weighted by Crippen LogP contribution is 2.28. The molecule has 0 saturated carbocycles. The van der Waals surface area contributed by atoms with Crippen LogP contribution in [0.4, 0.5) is 0 Å². The van der Waals surface area contributed by atoms with E-state index in [9.17, 15) is 9.90 Å². The van der Waals surface area contributed by atoms with Gasteiger partial charge in [-0.15, -0.1) is 0 Å². The molecule has 0 unspecified atom stereocenters. The smallest absolute Gasteiger partial charge is 0.303 e. The van der Waals surface area contributed by atoms with Crippen LogP contribution < -0.4 is 4.74 Å². The number of carboxylic acids is 1. The normalized spacial score (nSPS) is 12.2. The maximum atomic E-state index is 10.5. The van der Waals surface area contributed by atoms with Gasteiger partial charge in [0.25, 0.3) is 0 Å². The second kappa shape index (κ2) is 5.68. The standard InChI is InChI=1S/C13H18O4/c1-8-7-12(17-3)9(2)6-10(8)11(14)4-5-13(15)16/h6-7,11,14H,4-5H2,1-3H3,(H,15,16)/t11-/m1/s1. The summed E-state index contributed by atoms with van der Waals surface area (Å²) in [7, 11) is 1.60. The number of aliphatic hydroxyl groups is 1. The van der Waals surface area contributed by atoms with Gasteiger partial charge in [0.1, 0.15) is 5.75 Å². The van der Waals surface area contributed by atoms with E-state index in [1.165, 1.54) is 0 Å². The van der Waals surface area contributed by atoms with Crippen molar-refractivity contribution in [3.05, 3.63) is 28.8 Å². The summed E-state index contributed by atoms with van der Waals surface area (Å²) in [6, 6.07) is 3.70. The van der Waals surface area contributed by atoms with Crippen LogP contribution in [-0.2, 0) is 4.79 Å². The molecular weight excluding hydrogens is 220 g/mol. The Bertz CT molecular complexity index is 412. The molecule has 0 spiro atoms. The second-order valence-electron chi connectivity index (χ2n) is 4.13. The fraction of sp³-hybridized carbons (Fsp3) is 0.462. The van der Waals surface area contributed by atoms with Gasteiger partial charge in [0.2, 0.25) is 0 Å². The number of methoxy groups -OCH3 is 1. The second-order valence-corrected chi connectivity index (χ2v) is 4.13. The predicted octanol–water partition coefficient (Wildman–Crippen LogP) is 2.21.